The van der Waals surface area contributed by atoms with E-state index in [1.165, 1.54) is 5.56 Å². The molecular weight excluding hydrogens is 348 g/mol. The smallest absolute Gasteiger partial charge is 0.124 e. The number of nitrogens with zero attached hydrogens (tertiary/aromatic N) is 1. The van der Waals surface area contributed by atoms with Gasteiger partial charge in [0.25, 0.3) is 0 Å². The van der Waals surface area contributed by atoms with Gasteiger partial charge in [-0.15, -0.1) is 0 Å². The molecule has 1 aliphatic heterocycles. The molecule has 1 aliphatic rings. The number of morpholine rings is 1. The first-order valence-electron chi connectivity index (χ1n) is 9.27. The van der Waals surface area contributed by atoms with E-state index in [0.29, 0.717) is 6.61 Å². The number of hydrogen-bond acceptors (Lipinski definition) is 4. The first kappa shape index (κ1) is 19.2. The van der Waals surface area contributed by atoms with Crippen molar-refractivity contribution in [3.63, 3.8) is 0 Å². The van der Waals surface area contributed by atoms with Gasteiger partial charge >= 0.3 is 0 Å². The second-order valence-corrected chi connectivity index (χ2v) is 6.95. The molecule has 26 heavy (non-hydrogen) atoms. The van der Waals surface area contributed by atoms with Gasteiger partial charge in [-0.1, -0.05) is 41.9 Å². The summed E-state index contributed by atoms with van der Waals surface area (Å²) in [5, 5.41) is 4.27. The van der Waals surface area contributed by atoms with Crippen molar-refractivity contribution in [2.75, 3.05) is 39.4 Å². The van der Waals surface area contributed by atoms with E-state index in [-0.39, 0.29) is 0 Å². The van der Waals surface area contributed by atoms with Crippen LogP contribution < -0.4 is 10.1 Å². The number of ether oxygens (including phenoxy) is 2. The van der Waals surface area contributed by atoms with Gasteiger partial charge in [-0.25, -0.2) is 0 Å². The molecule has 0 spiro atoms. The highest BCUT2D eigenvalue weighted by Gasteiger charge is 2.09. The molecular formula is C21H27ClN2O2. The van der Waals surface area contributed by atoms with Crippen LogP contribution in [0.2, 0.25) is 5.02 Å². The van der Waals surface area contributed by atoms with Gasteiger partial charge < -0.3 is 14.8 Å². The molecule has 2 aromatic rings. The van der Waals surface area contributed by atoms with E-state index in [1.807, 2.05) is 36.4 Å². The molecule has 140 valence electrons. The van der Waals surface area contributed by atoms with Crippen LogP contribution in [0.1, 0.15) is 17.5 Å². The molecule has 4 nitrogen and oxygen atoms in total. The fourth-order valence-electron chi connectivity index (χ4n) is 3.05. The van der Waals surface area contributed by atoms with Crippen LogP contribution in [0.3, 0.4) is 0 Å². The number of para-hydroxylation sites is 1. The van der Waals surface area contributed by atoms with Crippen LogP contribution in [0.15, 0.2) is 48.5 Å². The summed E-state index contributed by atoms with van der Waals surface area (Å²) in [5.74, 6) is 0.924. The molecule has 0 saturated carbocycles. The molecule has 5 heteroatoms. The lowest BCUT2D eigenvalue weighted by molar-refractivity contribution is 0.0374. The molecule has 2 aromatic carbocycles. The van der Waals surface area contributed by atoms with Crippen molar-refractivity contribution in [1.82, 2.24) is 10.2 Å². The summed E-state index contributed by atoms with van der Waals surface area (Å²) in [7, 11) is 0. The van der Waals surface area contributed by atoms with Gasteiger partial charge in [0.1, 0.15) is 12.4 Å². The van der Waals surface area contributed by atoms with Crippen molar-refractivity contribution in [3.8, 4) is 5.75 Å². The lowest BCUT2D eigenvalue weighted by Crippen LogP contribution is -2.37. The van der Waals surface area contributed by atoms with Crippen molar-refractivity contribution < 1.29 is 9.47 Å². The largest absolute Gasteiger partial charge is 0.489 e. The molecule has 1 N–H and O–H groups in total. The number of hydrogen-bond donors (Lipinski definition) is 1. The summed E-state index contributed by atoms with van der Waals surface area (Å²) in [5.41, 5.74) is 2.26. The zero-order valence-electron chi connectivity index (χ0n) is 15.1. The van der Waals surface area contributed by atoms with E-state index in [2.05, 4.69) is 22.3 Å². The van der Waals surface area contributed by atoms with Gasteiger partial charge in [0, 0.05) is 30.2 Å². The maximum absolute atomic E-state index is 6.04. The molecule has 1 saturated heterocycles. The van der Waals surface area contributed by atoms with Crippen molar-refractivity contribution >= 4 is 11.6 Å². The predicted octanol–water partition coefficient (Wildman–Crippen LogP) is 3.73. The third-order valence-electron chi connectivity index (χ3n) is 4.50. The summed E-state index contributed by atoms with van der Waals surface area (Å²) in [6.45, 7) is 7.31. The zero-order chi connectivity index (χ0) is 18.0. The maximum Gasteiger partial charge on any atom is 0.124 e. The minimum absolute atomic E-state index is 0.522. The van der Waals surface area contributed by atoms with Crippen LogP contribution in [0, 0.1) is 0 Å². The van der Waals surface area contributed by atoms with Crippen LogP contribution in [0.4, 0.5) is 0 Å². The molecule has 0 atom stereocenters. The van der Waals surface area contributed by atoms with Gasteiger partial charge in [0.2, 0.25) is 0 Å². The van der Waals surface area contributed by atoms with Crippen LogP contribution in [0.25, 0.3) is 0 Å². The Kier molecular flexibility index (Phi) is 7.77. The number of nitrogens with one attached hydrogen (secondary N) is 1. The monoisotopic (exact) mass is 374 g/mol. The van der Waals surface area contributed by atoms with Crippen LogP contribution in [-0.4, -0.2) is 44.3 Å². The number of benzene rings is 2. The Labute approximate surface area is 161 Å². The highest BCUT2D eigenvalue weighted by molar-refractivity contribution is 6.30. The normalized spacial score (nSPS) is 15.1. The average molecular weight is 375 g/mol. The fourth-order valence-corrected chi connectivity index (χ4v) is 3.27. The van der Waals surface area contributed by atoms with Crippen molar-refractivity contribution in [2.45, 2.75) is 19.6 Å². The number of rotatable bonds is 9. The summed E-state index contributed by atoms with van der Waals surface area (Å²) >= 11 is 6.04. The third kappa shape index (κ3) is 6.29. The molecule has 0 bridgehead atoms. The Morgan fingerprint density at radius 2 is 1.92 bits per heavy atom. The second-order valence-electron chi connectivity index (χ2n) is 6.51. The molecule has 1 heterocycles. The van der Waals surface area contributed by atoms with E-state index in [1.54, 1.807) is 0 Å². The molecule has 0 aliphatic carbocycles. The van der Waals surface area contributed by atoms with E-state index in [0.717, 1.165) is 68.7 Å². The first-order valence-corrected chi connectivity index (χ1v) is 9.65. The van der Waals surface area contributed by atoms with Gasteiger partial charge in [-0.3, -0.25) is 4.90 Å². The van der Waals surface area contributed by atoms with Crippen LogP contribution in [0.5, 0.6) is 5.75 Å². The standard InChI is InChI=1S/C21H27ClN2O2/c22-20-7-3-5-18(15-20)17-26-21-8-2-1-6-19(21)16-23-9-4-10-24-11-13-25-14-12-24/h1-3,5-8,15,23H,4,9-14,16-17H2. The lowest BCUT2D eigenvalue weighted by atomic mass is 10.2. The fraction of sp³-hybridized carbons (Fsp3) is 0.429. The van der Waals surface area contributed by atoms with E-state index < -0.39 is 0 Å². The Morgan fingerprint density at radius 3 is 2.77 bits per heavy atom. The van der Waals surface area contributed by atoms with Gasteiger partial charge in [-0.2, -0.15) is 0 Å². The van der Waals surface area contributed by atoms with Crippen molar-refractivity contribution in [1.29, 1.82) is 0 Å². The molecule has 1 fully saturated rings. The Bertz CT molecular complexity index is 675. The van der Waals surface area contributed by atoms with Crippen molar-refractivity contribution in [3.05, 3.63) is 64.7 Å². The Morgan fingerprint density at radius 1 is 1.08 bits per heavy atom. The molecule has 0 aromatic heterocycles. The first-order chi connectivity index (χ1) is 12.8. The van der Waals surface area contributed by atoms with Crippen molar-refractivity contribution in [2.24, 2.45) is 0 Å². The maximum atomic E-state index is 6.04. The molecule has 0 radical (unpaired) electrons. The minimum Gasteiger partial charge on any atom is -0.489 e. The lowest BCUT2D eigenvalue weighted by Gasteiger charge is -2.26. The second kappa shape index (κ2) is 10.5. The Hall–Kier alpha value is -1.59. The summed E-state index contributed by atoms with van der Waals surface area (Å²) in [6, 6.07) is 16.0. The quantitative estimate of drug-likeness (QED) is 0.678. The predicted molar refractivity (Wildman–Crippen MR) is 106 cm³/mol. The SMILES string of the molecule is Clc1cccc(COc2ccccc2CNCCCN2CCOCC2)c1. The van der Waals surface area contributed by atoms with Crippen LogP contribution >= 0.6 is 11.6 Å². The zero-order valence-corrected chi connectivity index (χ0v) is 15.9. The molecule has 0 amide bonds. The highest BCUT2D eigenvalue weighted by Crippen LogP contribution is 2.20. The molecule has 0 unspecified atom stereocenters. The van der Waals surface area contributed by atoms with Gasteiger partial charge in [0.05, 0.1) is 13.2 Å². The van der Waals surface area contributed by atoms with Crippen LogP contribution in [-0.2, 0) is 17.9 Å². The molecule has 3 rings (SSSR count). The van der Waals surface area contributed by atoms with E-state index >= 15 is 0 Å². The van der Waals surface area contributed by atoms with Gasteiger partial charge in [-0.05, 0) is 43.3 Å². The topological polar surface area (TPSA) is 33.7 Å². The third-order valence-corrected chi connectivity index (χ3v) is 4.74. The Balaban J connectivity index is 1.41. The number of halogens is 1. The summed E-state index contributed by atoms with van der Waals surface area (Å²) in [6.07, 6.45) is 1.14. The summed E-state index contributed by atoms with van der Waals surface area (Å²) < 4.78 is 11.4. The van der Waals surface area contributed by atoms with E-state index in [4.69, 9.17) is 21.1 Å². The van der Waals surface area contributed by atoms with Gasteiger partial charge in [0.15, 0.2) is 0 Å². The minimum atomic E-state index is 0.522. The highest BCUT2D eigenvalue weighted by atomic mass is 35.5. The van der Waals surface area contributed by atoms with E-state index in [9.17, 15) is 0 Å². The average Bonchev–Trinajstić information content (AvgIpc) is 2.68. The summed E-state index contributed by atoms with van der Waals surface area (Å²) in [4.78, 5) is 2.47.